The van der Waals surface area contributed by atoms with E-state index in [9.17, 15) is 21.6 Å². The molecule has 1 N–H and O–H groups in total. The van der Waals surface area contributed by atoms with Crippen LogP contribution in [0.3, 0.4) is 0 Å². The van der Waals surface area contributed by atoms with Crippen LogP contribution in [0.25, 0.3) is 16.9 Å². The van der Waals surface area contributed by atoms with Crippen LogP contribution in [0, 0.1) is 0 Å². The summed E-state index contributed by atoms with van der Waals surface area (Å²) < 4.78 is 62.8. The highest BCUT2D eigenvalue weighted by Gasteiger charge is 2.45. The number of rotatable bonds is 8. The van der Waals surface area contributed by atoms with Crippen molar-refractivity contribution in [2.45, 2.75) is 37.9 Å². The topological polar surface area (TPSA) is 66.7 Å². The second-order valence-corrected chi connectivity index (χ2v) is 9.36. The third-order valence-corrected chi connectivity index (χ3v) is 6.57. The molecule has 33 heavy (non-hydrogen) atoms. The van der Waals surface area contributed by atoms with E-state index in [1.54, 1.807) is 4.72 Å². The summed E-state index contributed by atoms with van der Waals surface area (Å²) in [7, 11) is -5.26. The largest absolute Gasteiger partial charge is 0.511 e. The standard InChI is InChI=1S/C21H23F3N4O2S.2ClH/c22-21(23,24)31(29,30)25-12-5-2-6-13-27-14-17-10-7-11-19-26-20(18(15-27)28(17)19)16-8-3-1-4-9-16;;/h1,3-4,7-11,25H,2,5-6,12-15H2;2*1H. The molecule has 4 rings (SSSR count). The Labute approximate surface area is 203 Å². The van der Waals surface area contributed by atoms with Gasteiger partial charge in [0.1, 0.15) is 5.65 Å². The van der Waals surface area contributed by atoms with E-state index < -0.39 is 15.5 Å². The van der Waals surface area contributed by atoms with Crippen molar-refractivity contribution in [3.05, 3.63) is 59.9 Å². The van der Waals surface area contributed by atoms with E-state index in [2.05, 4.69) is 15.4 Å². The molecule has 182 valence electrons. The van der Waals surface area contributed by atoms with E-state index in [0.29, 0.717) is 12.8 Å². The average Bonchev–Trinajstić information content (AvgIpc) is 3.10. The van der Waals surface area contributed by atoms with Crippen molar-refractivity contribution in [1.29, 1.82) is 0 Å². The first-order chi connectivity index (χ1) is 14.8. The molecular formula is C21H25Cl2F3N4O2S. The van der Waals surface area contributed by atoms with Crippen LogP contribution in [-0.4, -0.2) is 41.3 Å². The number of aromatic nitrogens is 2. The van der Waals surface area contributed by atoms with Gasteiger partial charge in [-0.3, -0.25) is 9.30 Å². The first-order valence-corrected chi connectivity index (χ1v) is 11.6. The van der Waals surface area contributed by atoms with Crippen LogP contribution in [0.4, 0.5) is 13.2 Å². The van der Waals surface area contributed by atoms with Crippen molar-refractivity contribution in [2.24, 2.45) is 0 Å². The van der Waals surface area contributed by atoms with E-state index in [-0.39, 0.29) is 31.4 Å². The van der Waals surface area contributed by atoms with Gasteiger partial charge in [0.2, 0.25) is 0 Å². The fourth-order valence-electron chi connectivity index (χ4n) is 3.90. The minimum atomic E-state index is -5.26. The van der Waals surface area contributed by atoms with Crippen molar-refractivity contribution in [3.8, 4) is 11.3 Å². The summed E-state index contributed by atoms with van der Waals surface area (Å²) in [6.45, 7) is 2.03. The first-order valence-electron chi connectivity index (χ1n) is 10.1. The molecule has 0 saturated carbocycles. The number of unbranched alkanes of at least 4 members (excludes halogenated alkanes) is 2. The van der Waals surface area contributed by atoms with Crippen molar-refractivity contribution in [1.82, 2.24) is 19.0 Å². The van der Waals surface area contributed by atoms with Crippen molar-refractivity contribution < 1.29 is 21.6 Å². The lowest BCUT2D eigenvalue weighted by molar-refractivity contribution is -0.0447. The van der Waals surface area contributed by atoms with Crippen LogP contribution >= 0.6 is 24.8 Å². The van der Waals surface area contributed by atoms with Gasteiger partial charge in [0.05, 0.1) is 11.4 Å². The summed E-state index contributed by atoms with van der Waals surface area (Å²) in [5.41, 5.74) is -0.0538. The summed E-state index contributed by atoms with van der Waals surface area (Å²) in [4.78, 5) is 7.12. The molecule has 0 radical (unpaired) electrons. The van der Waals surface area contributed by atoms with Gasteiger partial charge >= 0.3 is 15.5 Å². The number of nitrogens with zero attached hydrogens (tertiary/aromatic N) is 3. The van der Waals surface area contributed by atoms with E-state index >= 15 is 0 Å². The fraction of sp³-hybridized carbons (Fsp3) is 0.381. The number of alkyl halides is 3. The average molecular weight is 525 g/mol. The second-order valence-electron chi connectivity index (χ2n) is 7.60. The van der Waals surface area contributed by atoms with Gasteiger partial charge in [0.25, 0.3) is 0 Å². The van der Waals surface area contributed by atoms with Crippen LogP contribution in [0.15, 0.2) is 48.5 Å². The Morgan fingerprint density at radius 1 is 0.939 bits per heavy atom. The number of sulfonamides is 1. The van der Waals surface area contributed by atoms with Gasteiger partial charge in [-0.2, -0.15) is 13.2 Å². The summed E-state index contributed by atoms with van der Waals surface area (Å²) in [6, 6.07) is 16.1. The van der Waals surface area contributed by atoms with E-state index in [1.807, 2.05) is 42.5 Å². The number of nitrogens with one attached hydrogen (secondary N) is 1. The van der Waals surface area contributed by atoms with Gasteiger partial charge in [0.15, 0.2) is 0 Å². The molecule has 1 aliphatic heterocycles. The Hall–Kier alpha value is -1.85. The number of hydrogen-bond donors (Lipinski definition) is 1. The van der Waals surface area contributed by atoms with Crippen LogP contribution < -0.4 is 4.72 Å². The normalized spacial score (nSPS) is 14.0. The molecule has 6 nitrogen and oxygen atoms in total. The molecule has 0 saturated heterocycles. The van der Waals surface area contributed by atoms with Gasteiger partial charge in [-0.05, 0) is 31.5 Å². The molecular weight excluding hydrogens is 500 g/mol. The maximum Gasteiger partial charge on any atom is 0.511 e. The number of benzene rings is 1. The van der Waals surface area contributed by atoms with Crippen molar-refractivity contribution >= 4 is 40.5 Å². The Morgan fingerprint density at radius 3 is 2.36 bits per heavy atom. The monoisotopic (exact) mass is 524 g/mol. The van der Waals surface area contributed by atoms with Crippen LogP contribution in [-0.2, 0) is 23.1 Å². The minimum Gasteiger partial charge on any atom is -0.298 e. The van der Waals surface area contributed by atoms with Gasteiger partial charge in [-0.15, -0.1) is 24.8 Å². The first kappa shape index (κ1) is 27.4. The molecule has 0 unspecified atom stereocenters. The fourth-order valence-corrected chi connectivity index (χ4v) is 4.48. The molecule has 0 bridgehead atoms. The molecule has 0 atom stereocenters. The summed E-state index contributed by atoms with van der Waals surface area (Å²) in [5, 5.41) is 0. The van der Waals surface area contributed by atoms with E-state index in [1.165, 1.54) is 0 Å². The molecule has 0 spiro atoms. The summed E-state index contributed by atoms with van der Waals surface area (Å²) in [5.74, 6) is 0. The molecule has 12 heteroatoms. The van der Waals surface area contributed by atoms with Gasteiger partial charge in [-0.25, -0.2) is 18.1 Å². The lowest BCUT2D eigenvalue weighted by Crippen LogP contribution is -2.37. The number of halogens is 5. The van der Waals surface area contributed by atoms with Crippen molar-refractivity contribution in [2.75, 3.05) is 13.1 Å². The maximum atomic E-state index is 12.3. The number of pyridine rings is 1. The van der Waals surface area contributed by atoms with Gasteiger partial charge in [-0.1, -0.05) is 42.8 Å². The number of hydrogen-bond acceptors (Lipinski definition) is 4. The lowest BCUT2D eigenvalue weighted by Gasteiger charge is -2.28. The zero-order valence-electron chi connectivity index (χ0n) is 17.6. The summed E-state index contributed by atoms with van der Waals surface area (Å²) in [6.07, 6.45) is 1.75. The third-order valence-electron chi connectivity index (χ3n) is 5.37. The van der Waals surface area contributed by atoms with Crippen molar-refractivity contribution in [3.63, 3.8) is 0 Å². The zero-order chi connectivity index (χ0) is 22.1. The van der Waals surface area contributed by atoms with Crippen LogP contribution in [0.5, 0.6) is 0 Å². The molecule has 1 aliphatic rings. The molecule has 3 heterocycles. The molecule has 0 amide bonds. The van der Waals surface area contributed by atoms with Gasteiger partial charge < -0.3 is 0 Å². The Morgan fingerprint density at radius 2 is 1.67 bits per heavy atom. The highest BCUT2D eigenvalue weighted by molar-refractivity contribution is 7.90. The lowest BCUT2D eigenvalue weighted by atomic mass is 10.1. The molecule has 2 aromatic heterocycles. The highest BCUT2D eigenvalue weighted by Crippen LogP contribution is 2.30. The third kappa shape index (κ3) is 5.99. The predicted octanol–water partition coefficient (Wildman–Crippen LogP) is 4.77. The Bertz CT molecular complexity index is 1170. The SMILES string of the molecule is Cl.Cl.O=S(=O)(NCCCCCN1Cc2cccc3nc(-c4ccccc4)c(n23)C1)C(F)(F)F. The highest BCUT2D eigenvalue weighted by atomic mass is 35.5. The number of imidazole rings is 1. The Kier molecular flexibility index (Phi) is 9.17. The molecule has 0 fully saturated rings. The van der Waals surface area contributed by atoms with Crippen LogP contribution in [0.1, 0.15) is 30.7 Å². The second kappa shape index (κ2) is 11.1. The van der Waals surface area contributed by atoms with Gasteiger partial charge in [0, 0.05) is 30.9 Å². The minimum absolute atomic E-state index is 0. The smallest absolute Gasteiger partial charge is 0.298 e. The quantitative estimate of drug-likeness (QED) is 0.431. The van der Waals surface area contributed by atoms with Crippen LogP contribution in [0.2, 0.25) is 0 Å². The maximum absolute atomic E-state index is 12.3. The van der Waals surface area contributed by atoms with E-state index in [0.717, 1.165) is 54.3 Å². The predicted molar refractivity (Wildman–Crippen MR) is 126 cm³/mol. The summed E-state index contributed by atoms with van der Waals surface area (Å²) >= 11 is 0. The molecule has 3 aromatic rings. The molecule has 0 aliphatic carbocycles. The zero-order valence-corrected chi connectivity index (χ0v) is 20.0. The van der Waals surface area contributed by atoms with E-state index in [4.69, 9.17) is 4.98 Å². The Balaban J connectivity index is 0.00000193. The molecule has 1 aromatic carbocycles.